The van der Waals surface area contributed by atoms with Crippen molar-refractivity contribution >= 4 is 15.9 Å². The molecule has 3 nitrogen and oxygen atoms in total. The lowest BCUT2D eigenvalue weighted by atomic mass is 9.88. The topological polar surface area (TPSA) is 45.2 Å². The van der Waals surface area contributed by atoms with Crippen LogP contribution in [0.4, 0.5) is 0 Å². The Morgan fingerprint density at radius 2 is 2.40 bits per heavy atom. The number of halogens is 1. The van der Waals surface area contributed by atoms with Gasteiger partial charge in [0.2, 0.25) is 0 Å². The molecular formula is C11H15BrN2O. The summed E-state index contributed by atoms with van der Waals surface area (Å²) in [5.41, 5.74) is 0.498. The zero-order valence-electron chi connectivity index (χ0n) is 8.54. The van der Waals surface area contributed by atoms with Gasteiger partial charge in [-0.05, 0) is 46.9 Å². The summed E-state index contributed by atoms with van der Waals surface area (Å²) in [5.74, 6) is 0. The first-order valence-electron chi connectivity index (χ1n) is 5.22. The molecule has 1 fully saturated rings. The third-order valence-corrected chi connectivity index (χ3v) is 3.24. The quantitative estimate of drug-likeness (QED) is 0.801. The molecule has 1 atom stereocenters. The van der Waals surface area contributed by atoms with Gasteiger partial charge in [-0.25, -0.2) is 4.98 Å². The number of β-amino-alcohol motifs (C(OH)–C–C–N with tert-alkyl or cyclic N) is 1. The fraction of sp³-hybridized carbons (Fsp3) is 0.545. The van der Waals surface area contributed by atoms with E-state index in [1.54, 1.807) is 0 Å². The molecule has 1 aromatic heterocycles. The number of pyridine rings is 1. The summed E-state index contributed by atoms with van der Waals surface area (Å²) in [6.07, 6.45) is 4.41. The number of hydrogen-bond donors (Lipinski definition) is 2. The molecule has 0 aromatic carbocycles. The van der Waals surface area contributed by atoms with E-state index in [0.29, 0.717) is 13.0 Å². The molecule has 0 saturated carbocycles. The van der Waals surface area contributed by atoms with E-state index in [0.717, 1.165) is 29.6 Å². The monoisotopic (exact) mass is 270 g/mol. The predicted octanol–water partition coefficient (Wildman–Crippen LogP) is 1.50. The number of aliphatic hydroxyl groups is 1. The first-order chi connectivity index (χ1) is 7.18. The van der Waals surface area contributed by atoms with Crippen LogP contribution in [-0.2, 0) is 6.42 Å². The fourth-order valence-corrected chi connectivity index (χ4v) is 2.23. The van der Waals surface area contributed by atoms with E-state index in [9.17, 15) is 5.11 Å². The number of hydrogen-bond acceptors (Lipinski definition) is 3. The third-order valence-electron chi connectivity index (χ3n) is 2.77. The number of rotatable bonds is 2. The molecule has 1 aliphatic heterocycles. The molecule has 1 aliphatic rings. The molecule has 2 rings (SSSR count). The van der Waals surface area contributed by atoms with Crippen LogP contribution in [0.25, 0.3) is 0 Å². The smallest absolute Gasteiger partial charge is 0.106 e. The molecule has 1 unspecified atom stereocenters. The highest BCUT2D eigenvalue weighted by molar-refractivity contribution is 9.10. The molecular weight excluding hydrogens is 256 g/mol. The van der Waals surface area contributed by atoms with E-state index >= 15 is 0 Å². The maximum absolute atomic E-state index is 10.3. The highest BCUT2D eigenvalue weighted by Gasteiger charge is 2.29. The van der Waals surface area contributed by atoms with Gasteiger partial charge in [0.15, 0.2) is 0 Å². The molecule has 1 aromatic rings. The summed E-state index contributed by atoms with van der Waals surface area (Å²) < 4.78 is 0.833. The molecule has 0 amide bonds. The maximum Gasteiger partial charge on any atom is 0.106 e. The second kappa shape index (κ2) is 4.60. The van der Waals surface area contributed by atoms with Gasteiger partial charge in [-0.1, -0.05) is 6.07 Å². The van der Waals surface area contributed by atoms with Gasteiger partial charge in [-0.15, -0.1) is 0 Å². The Bertz CT molecular complexity index is 320. The summed E-state index contributed by atoms with van der Waals surface area (Å²) in [4.78, 5) is 4.16. The van der Waals surface area contributed by atoms with Gasteiger partial charge in [0.25, 0.3) is 0 Å². The van der Waals surface area contributed by atoms with Gasteiger partial charge < -0.3 is 10.4 Å². The SMILES string of the molecule is OC1(Cc2ccc(Br)nc2)CCCNC1. The average Bonchev–Trinajstić information content (AvgIpc) is 2.22. The predicted molar refractivity (Wildman–Crippen MR) is 62.7 cm³/mol. The summed E-state index contributed by atoms with van der Waals surface area (Å²) >= 11 is 3.30. The molecule has 4 heteroatoms. The van der Waals surface area contributed by atoms with Crippen LogP contribution in [0.2, 0.25) is 0 Å². The Balaban J connectivity index is 2.03. The van der Waals surface area contributed by atoms with Gasteiger partial charge >= 0.3 is 0 Å². The van der Waals surface area contributed by atoms with Crippen LogP contribution in [0.5, 0.6) is 0 Å². The maximum atomic E-state index is 10.3. The highest BCUT2D eigenvalue weighted by atomic mass is 79.9. The van der Waals surface area contributed by atoms with Crippen molar-refractivity contribution in [2.24, 2.45) is 0 Å². The molecule has 0 radical (unpaired) electrons. The minimum Gasteiger partial charge on any atom is -0.388 e. The van der Waals surface area contributed by atoms with Crippen molar-refractivity contribution in [2.75, 3.05) is 13.1 Å². The van der Waals surface area contributed by atoms with E-state index in [1.165, 1.54) is 0 Å². The first-order valence-corrected chi connectivity index (χ1v) is 6.01. The van der Waals surface area contributed by atoms with E-state index < -0.39 is 5.60 Å². The highest BCUT2D eigenvalue weighted by Crippen LogP contribution is 2.21. The summed E-state index contributed by atoms with van der Waals surface area (Å²) in [6.45, 7) is 1.70. The van der Waals surface area contributed by atoms with Crippen molar-refractivity contribution in [3.05, 3.63) is 28.5 Å². The second-order valence-electron chi connectivity index (χ2n) is 4.17. The van der Waals surface area contributed by atoms with Crippen molar-refractivity contribution in [3.8, 4) is 0 Å². The molecule has 1 saturated heterocycles. The lowest BCUT2D eigenvalue weighted by molar-refractivity contribution is 0.0169. The fourth-order valence-electron chi connectivity index (χ4n) is 1.99. The van der Waals surface area contributed by atoms with Crippen molar-refractivity contribution in [1.29, 1.82) is 0 Å². The Labute approximate surface area is 98.0 Å². The van der Waals surface area contributed by atoms with E-state index in [-0.39, 0.29) is 0 Å². The van der Waals surface area contributed by atoms with Crippen LogP contribution in [-0.4, -0.2) is 28.8 Å². The number of nitrogens with zero attached hydrogens (tertiary/aromatic N) is 1. The van der Waals surface area contributed by atoms with Gasteiger partial charge in [0, 0.05) is 19.2 Å². The average molecular weight is 271 g/mol. The van der Waals surface area contributed by atoms with Crippen LogP contribution in [0.1, 0.15) is 18.4 Å². The molecule has 15 heavy (non-hydrogen) atoms. The Morgan fingerprint density at radius 1 is 1.53 bits per heavy atom. The Morgan fingerprint density at radius 3 is 3.00 bits per heavy atom. The van der Waals surface area contributed by atoms with Crippen molar-refractivity contribution in [3.63, 3.8) is 0 Å². The van der Waals surface area contributed by atoms with Gasteiger partial charge in [-0.2, -0.15) is 0 Å². The number of nitrogens with one attached hydrogen (secondary N) is 1. The van der Waals surface area contributed by atoms with Crippen molar-refractivity contribution in [1.82, 2.24) is 10.3 Å². The third kappa shape index (κ3) is 3.00. The van der Waals surface area contributed by atoms with Gasteiger partial charge in [-0.3, -0.25) is 0 Å². The minimum atomic E-state index is -0.590. The minimum absolute atomic E-state index is 0.590. The van der Waals surface area contributed by atoms with Gasteiger partial charge in [0.05, 0.1) is 5.60 Å². The van der Waals surface area contributed by atoms with Crippen LogP contribution in [0.15, 0.2) is 22.9 Å². The number of aromatic nitrogens is 1. The summed E-state index contributed by atoms with van der Waals surface area (Å²) in [6, 6.07) is 3.92. The lowest BCUT2D eigenvalue weighted by Gasteiger charge is -2.32. The van der Waals surface area contributed by atoms with Crippen molar-refractivity contribution < 1.29 is 5.11 Å². The van der Waals surface area contributed by atoms with E-state index in [2.05, 4.69) is 26.2 Å². The molecule has 82 valence electrons. The lowest BCUT2D eigenvalue weighted by Crippen LogP contribution is -2.47. The zero-order chi connectivity index (χ0) is 10.7. The summed E-state index contributed by atoms with van der Waals surface area (Å²) in [5, 5.41) is 13.5. The standard InChI is InChI=1S/C11H15BrN2O/c12-10-3-2-9(7-14-10)6-11(15)4-1-5-13-8-11/h2-3,7,13,15H,1,4-6,8H2. The van der Waals surface area contributed by atoms with Crippen LogP contribution < -0.4 is 5.32 Å². The molecule has 0 aliphatic carbocycles. The van der Waals surface area contributed by atoms with Crippen LogP contribution in [0, 0.1) is 0 Å². The molecule has 0 spiro atoms. The first kappa shape index (κ1) is 11.0. The number of piperidine rings is 1. The van der Waals surface area contributed by atoms with Gasteiger partial charge in [0.1, 0.15) is 4.60 Å². The largest absolute Gasteiger partial charge is 0.388 e. The molecule has 0 bridgehead atoms. The Kier molecular flexibility index (Phi) is 3.38. The van der Waals surface area contributed by atoms with E-state index in [4.69, 9.17) is 0 Å². The Hall–Kier alpha value is -0.450. The van der Waals surface area contributed by atoms with Crippen molar-refractivity contribution in [2.45, 2.75) is 24.9 Å². The molecule has 2 heterocycles. The van der Waals surface area contributed by atoms with Crippen LogP contribution >= 0.6 is 15.9 Å². The summed E-state index contributed by atoms with van der Waals surface area (Å²) in [7, 11) is 0. The van der Waals surface area contributed by atoms with Crippen LogP contribution in [0.3, 0.4) is 0 Å². The normalized spacial score (nSPS) is 26.5. The zero-order valence-corrected chi connectivity index (χ0v) is 10.1. The molecule has 2 N–H and O–H groups in total. The second-order valence-corrected chi connectivity index (χ2v) is 4.98. The van der Waals surface area contributed by atoms with E-state index in [1.807, 2.05) is 18.3 Å².